The minimum absolute atomic E-state index is 0.323. The number of nitrogens with zero attached hydrogens (tertiary/aromatic N) is 2. The first kappa shape index (κ1) is 11.1. The zero-order chi connectivity index (χ0) is 12.3. The third-order valence-electron chi connectivity index (χ3n) is 2.34. The highest BCUT2D eigenvalue weighted by atomic mass is 19.1. The van der Waals surface area contributed by atoms with Crippen molar-refractivity contribution in [1.29, 1.82) is 5.26 Å². The van der Waals surface area contributed by atoms with Crippen LogP contribution in [0.4, 0.5) is 10.2 Å². The summed E-state index contributed by atoms with van der Waals surface area (Å²) in [4.78, 5) is 3.96. The first-order valence-electron chi connectivity index (χ1n) is 5.07. The largest absolute Gasteiger partial charge is 0.384 e. The van der Waals surface area contributed by atoms with E-state index in [9.17, 15) is 4.39 Å². The van der Waals surface area contributed by atoms with Crippen LogP contribution in [0.1, 0.15) is 16.7 Å². The molecule has 0 unspecified atom stereocenters. The number of anilines is 1. The number of nitriles is 1. The summed E-state index contributed by atoms with van der Waals surface area (Å²) in [5.41, 5.74) is 7.47. The van der Waals surface area contributed by atoms with E-state index in [4.69, 9.17) is 11.0 Å². The first-order valence-corrected chi connectivity index (χ1v) is 5.07. The molecule has 0 aliphatic rings. The number of rotatable bonds is 2. The number of nitrogen functional groups attached to an aromatic ring is 1. The second-order valence-electron chi connectivity index (χ2n) is 3.73. The van der Waals surface area contributed by atoms with Crippen LogP contribution in [-0.2, 0) is 6.42 Å². The molecule has 0 saturated carbocycles. The maximum Gasteiger partial charge on any atom is 0.124 e. The quantitative estimate of drug-likeness (QED) is 0.855. The maximum atomic E-state index is 13.2. The van der Waals surface area contributed by atoms with Gasteiger partial charge in [0.1, 0.15) is 11.6 Å². The topological polar surface area (TPSA) is 62.7 Å². The van der Waals surface area contributed by atoms with Gasteiger partial charge >= 0.3 is 0 Å². The second-order valence-corrected chi connectivity index (χ2v) is 3.73. The van der Waals surface area contributed by atoms with E-state index >= 15 is 0 Å². The molecule has 0 aliphatic carbocycles. The van der Waals surface area contributed by atoms with E-state index in [0.29, 0.717) is 17.8 Å². The van der Waals surface area contributed by atoms with Gasteiger partial charge in [0, 0.05) is 6.20 Å². The molecule has 0 bridgehead atoms. The van der Waals surface area contributed by atoms with Crippen LogP contribution in [0.3, 0.4) is 0 Å². The molecule has 0 radical (unpaired) electrons. The Balaban J connectivity index is 2.27. The van der Waals surface area contributed by atoms with Crippen molar-refractivity contribution in [3.05, 3.63) is 59.0 Å². The Bertz CT molecular complexity index is 570. The van der Waals surface area contributed by atoms with Crippen molar-refractivity contribution in [2.24, 2.45) is 0 Å². The Morgan fingerprint density at radius 2 is 2.06 bits per heavy atom. The molecule has 2 N–H and O–H groups in total. The predicted octanol–water partition coefficient (Wildman–Crippen LogP) is 2.27. The van der Waals surface area contributed by atoms with Gasteiger partial charge in [-0.2, -0.15) is 5.26 Å². The van der Waals surface area contributed by atoms with Gasteiger partial charge in [0.25, 0.3) is 0 Å². The van der Waals surface area contributed by atoms with E-state index in [0.717, 1.165) is 11.1 Å². The van der Waals surface area contributed by atoms with Gasteiger partial charge in [-0.25, -0.2) is 9.37 Å². The normalized spacial score (nSPS) is 9.88. The first-order chi connectivity index (χ1) is 8.17. The molecule has 0 aliphatic heterocycles. The molecule has 0 saturated heterocycles. The summed E-state index contributed by atoms with van der Waals surface area (Å²) in [6.45, 7) is 0. The molecule has 1 aromatic heterocycles. The van der Waals surface area contributed by atoms with E-state index in [1.54, 1.807) is 18.3 Å². The van der Waals surface area contributed by atoms with Crippen molar-refractivity contribution in [2.45, 2.75) is 6.42 Å². The van der Waals surface area contributed by atoms with Gasteiger partial charge in [0.2, 0.25) is 0 Å². The van der Waals surface area contributed by atoms with Gasteiger partial charge in [0.05, 0.1) is 11.6 Å². The van der Waals surface area contributed by atoms with Crippen molar-refractivity contribution in [1.82, 2.24) is 4.98 Å². The molecule has 0 fully saturated rings. The molecule has 1 heterocycles. The fourth-order valence-electron chi connectivity index (χ4n) is 1.59. The highest BCUT2D eigenvalue weighted by molar-refractivity contribution is 5.37. The Morgan fingerprint density at radius 3 is 2.71 bits per heavy atom. The van der Waals surface area contributed by atoms with Crippen LogP contribution in [0.5, 0.6) is 0 Å². The molecule has 2 aromatic rings. The van der Waals surface area contributed by atoms with Crippen LogP contribution in [0, 0.1) is 17.1 Å². The van der Waals surface area contributed by atoms with E-state index < -0.39 is 5.82 Å². The zero-order valence-electron chi connectivity index (χ0n) is 9.02. The molecule has 0 amide bonds. The lowest BCUT2D eigenvalue weighted by molar-refractivity contribution is 0.625. The van der Waals surface area contributed by atoms with Crippen LogP contribution in [-0.4, -0.2) is 4.98 Å². The third-order valence-corrected chi connectivity index (χ3v) is 2.34. The van der Waals surface area contributed by atoms with Crippen molar-refractivity contribution < 1.29 is 4.39 Å². The number of nitrogens with two attached hydrogens (primary N) is 1. The summed E-state index contributed by atoms with van der Waals surface area (Å²) in [7, 11) is 0. The SMILES string of the molecule is N#Cc1cc(F)cc(Cc2ccc(N)nc2)c1. The maximum absolute atomic E-state index is 13.2. The lowest BCUT2D eigenvalue weighted by atomic mass is 10.0. The van der Waals surface area contributed by atoms with Crippen molar-refractivity contribution >= 4 is 5.82 Å². The molecule has 84 valence electrons. The highest BCUT2D eigenvalue weighted by Crippen LogP contribution is 2.13. The van der Waals surface area contributed by atoms with E-state index in [1.807, 2.05) is 12.1 Å². The molecule has 2 rings (SSSR count). The standard InChI is InChI=1S/C13H10FN3/c14-12-5-10(4-11(6-12)7-15)3-9-1-2-13(16)17-8-9/h1-2,4-6,8H,3H2,(H2,16,17). The molecule has 1 aromatic carbocycles. The molecule has 3 nitrogen and oxygen atoms in total. The molecule has 17 heavy (non-hydrogen) atoms. The average Bonchev–Trinajstić information content (AvgIpc) is 2.31. The van der Waals surface area contributed by atoms with Gasteiger partial charge in [-0.1, -0.05) is 6.07 Å². The fraction of sp³-hybridized carbons (Fsp3) is 0.0769. The van der Waals surface area contributed by atoms with E-state index in [-0.39, 0.29) is 0 Å². The number of aromatic nitrogens is 1. The lowest BCUT2D eigenvalue weighted by Gasteiger charge is -2.03. The number of hydrogen-bond donors (Lipinski definition) is 1. The van der Waals surface area contributed by atoms with Crippen molar-refractivity contribution in [3.63, 3.8) is 0 Å². The highest BCUT2D eigenvalue weighted by Gasteiger charge is 2.02. The molecular weight excluding hydrogens is 217 g/mol. The molecule has 4 heteroatoms. The lowest BCUT2D eigenvalue weighted by Crippen LogP contribution is -1.94. The summed E-state index contributed by atoms with van der Waals surface area (Å²) in [5, 5.41) is 8.74. The van der Waals surface area contributed by atoms with Gasteiger partial charge in [-0.05, 0) is 41.8 Å². The van der Waals surface area contributed by atoms with Crippen molar-refractivity contribution in [2.75, 3.05) is 5.73 Å². The van der Waals surface area contributed by atoms with Gasteiger partial charge in [-0.15, -0.1) is 0 Å². The Kier molecular flexibility index (Phi) is 3.01. The third kappa shape index (κ3) is 2.79. The average molecular weight is 227 g/mol. The summed E-state index contributed by atoms with van der Waals surface area (Å²) in [6.07, 6.45) is 2.17. The smallest absolute Gasteiger partial charge is 0.124 e. The minimum Gasteiger partial charge on any atom is -0.384 e. The molecule has 0 atom stereocenters. The summed E-state index contributed by atoms with van der Waals surface area (Å²) in [6, 6.07) is 9.75. The summed E-state index contributed by atoms with van der Waals surface area (Å²) < 4.78 is 13.2. The van der Waals surface area contributed by atoms with Crippen LogP contribution in [0.15, 0.2) is 36.5 Å². The Labute approximate surface area is 98.3 Å². The van der Waals surface area contributed by atoms with Crippen molar-refractivity contribution in [3.8, 4) is 6.07 Å². The van der Waals surface area contributed by atoms with Gasteiger partial charge < -0.3 is 5.73 Å². The number of hydrogen-bond acceptors (Lipinski definition) is 3. The van der Waals surface area contributed by atoms with Crippen LogP contribution < -0.4 is 5.73 Å². The Morgan fingerprint density at radius 1 is 1.24 bits per heavy atom. The minimum atomic E-state index is -0.401. The Hall–Kier alpha value is -2.41. The van der Waals surface area contributed by atoms with Gasteiger partial charge in [-0.3, -0.25) is 0 Å². The van der Waals surface area contributed by atoms with E-state index in [2.05, 4.69) is 4.98 Å². The number of benzene rings is 1. The number of pyridine rings is 1. The fourth-order valence-corrected chi connectivity index (χ4v) is 1.59. The summed E-state index contributed by atoms with van der Waals surface area (Å²) in [5.74, 6) is 0.0492. The number of halogens is 1. The second kappa shape index (κ2) is 4.62. The predicted molar refractivity (Wildman–Crippen MR) is 62.6 cm³/mol. The van der Waals surface area contributed by atoms with Gasteiger partial charge in [0.15, 0.2) is 0 Å². The summed E-state index contributed by atoms with van der Waals surface area (Å²) >= 11 is 0. The van der Waals surface area contributed by atoms with E-state index in [1.165, 1.54) is 12.1 Å². The van der Waals surface area contributed by atoms with Crippen LogP contribution in [0.25, 0.3) is 0 Å². The molecule has 0 spiro atoms. The van der Waals surface area contributed by atoms with Crippen LogP contribution in [0.2, 0.25) is 0 Å². The van der Waals surface area contributed by atoms with Crippen LogP contribution >= 0.6 is 0 Å². The zero-order valence-corrected chi connectivity index (χ0v) is 9.02. The monoisotopic (exact) mass is 227 g/mol. The molecular formula is C13H10FN3.